The molecule has 0 amide bonds. The van der Waals surface area contributed by atoms with Crippen LogP contribution in [0.2, 0.25) is 0 Å². The Labute approximate surface area is 97.3 Å². The van der Waals surface area contributed by atoms with E-state index >= 15 is 0 Å². The summed E-state index contributed by atoms with van der Waals surface area (Å²) in [7, 11) is 0. The predicted molar refractivity (Wildman–Crippen MR) is 64.9 cm³/mol. The number of halogens is 1. The number of hydrogen-bond acceptors (Lipinski definition) is 1. The summed E-state index contributed by atoms with van der Waals surface area (Å²) in [4.78, 5) is 0. The maximum absolute atomic E-state index is 13.0. The predicted octanol–water partition coefficient (Wildman–Crippen LogP) is 3.48. The second-order valence-corrected chi connectivity index (χ2v) is 4.61. The molecule has 1 N–H and O–H groups in total. The van der Waals surface area contributed by atoms with E-state index in [0.29, 0.717) is 0 Å². The second kappa shape index (κ2) is 5.44. The monoisotopic (exact) mass is 224 g/mol. The summed E-state index contributed by atoms with van der Waals surface area (Å²) in [5.74, 6) is -0.191. The van der Waals surface area contributed by atoms with E-state index in [-0.39, 0.29) is 17.8 Å². The van der Waals surface area contributed by atoms with Gasteiger partial charge < -0.3 is 5.11 Å². The van der Waals surface area contributed by atoms with Gasteiger partial charge in [0, 0.05) is 6.61 Å². The molecule has 0 saturated carbocycles. The fourth-order valence-corrected chi connectivity index (χ4v) is 2.04. The van der Waals surface area contributed by atoms with Crippen molar-refractivity contribution in [2.24, 2.45) is 5.41 Å². The van der Waals surface area contributed by atoms with E-state index in [2.05, 4.69) is 13.8 Å². The van der Waals surface area contributed by atoms with E-state index < -0.39 is 0 Å². The lowest BCUT2D eigenvalue weighted by atomic mass is 9.77. The summed E-state index contributed by atoms with van der Waals surface area (Å²) in [6, 6.07) is 4.89. The van der Waals surface area contributed by atoms with E-state index in [4.69, 9.17) is 0 Å². The summed E-state index contributed by atoms with van der Waals surface area (Å²) in [6.07, 6.45) is 2.70. The van der Waals surface area contributed by atoms with Crippen LogP contribution >= 0.6 is 0 Å². The molecule has 1 rings (SSSR count). The first kappa shape index (κ1) is 13.2. The molecule has 16 heavy (non-hydrogen) atoms. The largest absolute Gasteiger partial charge is 0.396 e. The van der Waals surface area contributed by atoms with Gasteiger partial charge in [0.15, 0.2) is 0 Å². The second-order valence-electron chi connectivity index (χ2n) is 4.61. The van der Waals surface area contributed by atoms with Crippen molar-refractivity contribution in [2.45, 2.75) is 40.0 Å². The minimum atomic E-state index is -0.191. The zero-order valence-electron chi connectivity index (χ0n) is 10.4. The summed E-state index contributed by atoms with van der Waals surface area (Å²) in [5, 5.41) is 9.51. The Morgan fingerprint density at radius 2 is 1.88 bits per heavy atom. The van der Waals surface area contributed by atoms with E-state index in [9.17, 15) is 9.50 Å². The lowest BCUT2D eigenvalue weighted by molar-refractivity contribution is 0.115. The molecule has 0 atom stereocenters. The highest BCUT2D eigenvalue weighted by Crippen LogP contribution is 2.31. The fraction of sp³-hybridized carbons (Fsp3) is 0.571. The van der Waals surface area contributed by atoms with E-state index in [1.807, 2.05) is 13.0 Å². The molecule has 0 fully saturated rings. The Kier molecular flexibility index (Phi) is 4.48. The zero-order chi connectivity index (χ0) is 12.2. The Balaban J connectivity index is 2.93. The van der Waals surface area contributed by atoms with Gasteiger partial charge >= 0.3 is 0 Å². The van der Waals surface area contributed by atoms with Crippen LogP contribution in [0, 0.1) is 18.2 Å². The molecule has 0 saturated heterocycles. The maximum atomic E-state index is 13.0. The quantitative estimate of drug-likeness (QED) is 0.812. The first-order valence-corrected chi connectivity index (χ1v) is 5.93. The smallest absolute Gasteiger partial charge is 0.123 e. The van der Waals surface area contributed by atoms with Gasteiger partial charge in [-0.2, -0.15) is 0 Å². The van der Waals surface area contributed by atoms with Crippen LogP contribution < -0.4 is 0 Å². The molecule has 0 unspecified atom stereocenters. The molecule has 1 aromatic carbocycles. The Hall–Kier alpha value is -0.890. The summed E-state index contributed by atoms with van der Waals surface area (Å²) in [6.45, 7) is 6.31. The van der Waals surface area contributed by atoms with Gasteiger partial charge in [-0.25, -0.2) is 4.39 Å². The van der Waals surface area contributed by atoms with Crippen LogP contribution in [-0.4, -0.2) is 11.7 Å². The average molecular weight is 224 g/mol. The van der Waals surface area contributed by atoms with Gasteiger partial charge in [-0.15, -0.1) is 0 Å². The van der Waals surface area contributed by atoms with Gasteiger partial charge in [0.2, 0.25) is 0 Å². The summed E-state index contributed by atoms with van der Waals surface area (Å²) < 4.78 is 13.0. The van der Waals surface area contributed by atoms with Crippen LogP contribution in [0.5, 0.6) is 0 Å². The third kappa shape index (κ3) is 2.82. The van der Waals surface area contributed by atoms with E-state index in [1.54, 1.807) is 6.07 Å². The first-order chi connectivity index (χ1) is 7.56. The first-order valence-electron chi connectivity index (χ1n) is 5.93. The fourth-order valence-electron chi connectivity index (χ4n) is 2.04. The van der Waals surface area contributed by atoms with Crippen LogP contribution in [0.3, 0.4) is 0 Å². The summed E-state index contributed by atoms with van der Waals surface area (Å²) in [5.41, 5.74) is 2.06. The molecule has 0 radical (unpaired) electrons. The van der Waals surface area contributed by atoms with Crippen LogP contribution in [0.1, 0.15) is 37.8 Å². The number of benzene rings is 1. The van der Waals surface area contributed by atoms with Crippen molar-refractivity contribution in [3.63, 3.8) is 0 Å². The number of hydrogen-bond donors (Lipinski definition) is 1. The molecule has 1 aromatic rings. The molecule has 0 heterocycles. The van der Waals surface area contributed by atoms with Gasteiger partial charge in [0.25, 0.3) is 0 Å². The van der Waals surface area contributed by atoms with Crippen LogP contribution in [0.15, 0.2) is 18.2 Å². The highest BCUT2D eigenvalue weighted by Gasteiger charge is 2.26. The van der Waals surface area contributed by atoms with E-state index in [1.165, 1.54) is 6.07 Å². The summed E-state index contributed by atoms with van der Waals surface area (Å²) >= 11 is 0. The average Bonchev–Trinajstić information content (AvgIpc) is 2.29. The zero-order valence-corrected chi connectivity index (χ0v) is 10.4. The van der Waals surface area contributed by atoms with Crippen LogP contribution in [0.4, 0.5) is 4.39 Å². The molecule has 0 spiro atoms. The standard InChI is InChI=1S/C14H21FO/c1-4-14(5-2,10-16)9-12-6-7-13(15)8-11(12)3/h6-8,16H,4-5,9-10H2,1-3H3. The van der Waals surface area contributed by atoms with Crippen LogP contribution in [-0.2, 0) is 6.42 Å². The lowest BCUT2D eigenvalue weighted by Gasteiger charge is -2.30. The molecular weight excluding hydrogens is 203 g/mol. The highest BCUT2D eigenvalue weighted by atomic mass is 19.1. The van der Waals surface area contributed by atoms with Gasteiger partial charge in [0.1, 0.15) is 5.82 Å². The minimum Gasteiger partial charge on any atom is -0.396 e. The van der Waals surface area contributed by atoms with Gasteiger partial charge in [-0.3, -0.25) is 0 Å². The Morgan fingerprint density at radius 3 is 2.31 bits per heavy atom. The van der Waals surface area contributed by atoms with Crippen molar-refractivity contribution in [1.29, 1.82) is 0 Å². The number of rotatable bonds is 5. The van der Waals surface area contributed by atoms with Gasteiger partial charge in [0.05, 0.1) is 0 Å². The van der Waals surface area contributed by atoms with Crippen molar-refractivity contribution in [2.75, 3.05) is 6.61 Å². The van der Waals surface area contributed by atoms with Crippen molar-refractivity contribution in [1.82, 2.24) is 0 Å². The van der Waals surface area contributed by atoms with Gasteiger partial charge in [-0.1, -0.05) is 19.9 Å². The van der Waals surface area contributed by atoms with Crippen LogP contribution in [0.25, 0.3) is 0 Å². The van der Waals surface area contributed by atoms with Crippen molar-refractivity contribution >= 4 is 0 Å². The van der Waals surface area contributed by atoms with E-state index in [0.717, 1.165) is 30.4 Å². The lowest BCUT2D eigenvalue weighted by Crippen LogP contribution is -2.26. The Bertz CT molecular complexity index is 334. The molecule has 90 valence electrons. The molecule has 0 aromatic heterocycles. The number of aliphatic hydroxyl groups is 1. The highest BCUT2D eigenvalue weighted by molar-refractivity contribution is 5.27. The molecular formula is C14H21FO. The SMILES string of the molecule is CCC(CC)(CO)Cc1ccc(F)cc1C. The van der Waals surface area contributed by atoms with Gasteiger partial charge in [-0.05, 0) is 54.9 Å². The van der Waals surface area contributed by atoms with Crippen molar-refractivity contribution in [3.8, 4) is 0 Å². The third-order valence-electron chi connectivity index (χ3n) is 3.71. The number of aryl methyl sites for hydroxylation is 1. The molecule has 0 aliphatic rings. The molecule has 1 nitrogen and oxygen atoms in total. The third-order valence-corrected chi connectivity index (χ3v) is 3.71. The molecule has 2 heteroatoms. The molecule has 0 aliphatic heterocycles. The normalized spacial score (nSPS) is 11.8. The van der Waals surface area contributed by atoms with Crippen molar-refractivity contribution < 1.29 is 9.50 Å². The van der Waals surface area contributed by atoms with Crippen molar-refractivity contribution in [3.05, 3.63) is 35.1 Å². The topological polar surface area (TPSA) is 20.2 Å². The Morgan fingerprint density at radius 1 is 1.25 bits per heavy atom. The molecule has 0 bridgehead atoms. The number of aliphatic hydroxyl groups excluding tert-OH is 1. The maximum Gasteiger partial charge on any atom is 0.123 e. The minimum absolute atomic E-state index is 0.0530. The molecule has 0 aliphatic carbocycles.